The zero-order valence-corrected chi connectivity index (χ0v) is 17.3. The molecule has 0 unspecified atom stereocenters. The van der Waals surface area contributed by atoms with Gasteiger partial charge in [0.25, 0.3) is 0 Å². The summed E-state index contributed by atoms with van der Waals surface area (Å²) in [7, 11) is -3.73. The van der Waals surface area contributed by atoms with Crippen LogP contribution < -0.4 is 5.32 Å². The van der Waals surface area contributed by atoms with Crippen LogP contribution in [0.4, 0.5) is 0 Å². The van der Waals surface area contributed by atoms with Crippen LogP contribution in [0.25, 0.3) is 0 Å². The molecule has 7 nitrogen and oxygen atoms in total. The summed E-state index contributed by atoms with van der Waals surface area (Å²) in [5, 5.41) is 2.61. The van der Waals surface area contributed by atoms with Crippen molar-refractivity contribution in [3.8, 4) is 0 Å². The maximum Gasteiger partial charge on any atom is 0.339 e. The standard InChI is InChI=1S/C18H25ClN2O5S/c1-12-8-13(2)11-21(10-12)27(24,25)15-4-5-17(19)16(9-15)18(23)26-7-6-20-14(3)22/h4-5,9,12-13H,6-8,10-11H2,1-3H3,(H,20,22)/t12-,13-/m1/s1. The first-order chi connectivity index (χ1) is 12.6. The van der Waals surface area contributed by atoms with Gasteiger partial charge < -0.3 is 10.1 Å². The van der Waals surface area contributed by atoms with E-state index in [2.05, 4.69) is 5.32 Å². The summed E-state index contributed by atoms with van der Waals surface area (Å²) in [6, 6.07) is 4.04. The lowest BCUT2D eigenvalue weighted by molar-refractivity contribution is -0.119. The lowest BCUT2D eigenvalue weighted by Gasteiger charge is -2.34. The van der Waals surface area contributed by atoms with E-state index in [1.807, 2.05) is 13.8 Å². The molecule has 0 aliphatic carbocycles. The summed E-state index contributed by atoms with van der Waals surface area (Å²) < 4.78 is 32.5. The van der Waals surface area contributed by atoms with Gasteiger partial charge in [-0.25, -0.2) is 13.2 Å². The quantitative estimate of drug-likeness (QED) is 0.567. The van der Waals surface area contributed by atoms with Crippen LogP contribution in [-0.2, 0) is 19.6 Å². The summed E-state index contributed by atoms with van der Waals surface area (Å²) in [6.07, 6.45) is 0.985. The second kappa shape index (κ2) is 9.03. The fourth-order valence-corrected chi connectivity index (χ4v) is 5.12. The molecule has 1 aromatic carbocycles. The maximum absolute atomic E-state index is 13.0. The highest BCUT2D eigenvalue weighted by Gasteiger charge is 2.32. The molecule has 1 N–H and O–H groups in total. The van der Waals surface area contributed by atoms with E-state index in [9.17, 15) is 18.0 Å². The Kier molecular flexibility index (Phi) is 7.25. The van der Waals surface area contributed by atoms with Gasteiger partial charge in [-0.3, -0.25) is 4.79 Å². The molecule has 150 valence electrons. The summed E-state index contributed by atoms with van der Waals surface area (Å²) in [5.74, 6) is -0.423. The molecule has 9 heteroatoms. The third-order valence-corrected chi connectivity index (χ3v) is 6.50. The van der Waals surface area contributed by atoms with E-state index in [0.717, 1.165) is 6.42 Å². The number of ether oxygens (including phenoxy) is 1. The fraction of sp³-hybridized carbons (Fsp3) is 0.556. The first kappa shape index (κ1) is 21.7. The number of halogens is 1. The van der Waals surface area contributed by atoms with E-state index < -0.39 is 16.0 Å². The molecule has 0 spiro atoms. The molecular formula is C18H25ClN2O5S. The Morgan fingerprint density at radius 1 is 1.26 bits per heavy atom. The monoisotopic (exact) mass is 416 g/mol. The molecule has 2 rings (SSSR count). The summed E-state index contributed by atoms with van der Waals surface area (Å²) in [5.41, 5.74) is -0.0151. The van der Waals surface area contributed by atoms with E-state index in [4.69, 9.17) is 16.3 Å². The molecular weight excluding hydrogens is 392 g/mol. The van der Waals surface area contributed by atoms with E-state index in [1.165, 1.54) is 29.4 Å². The molecule has 1 fully saturated rings. The maximum atomic E-state index is 13.0. The average molecular weight is 417 g/mol. The summed E-state index contributed by atoms with van der Waals surface area (Å²) in [4.78, 5) is 23.1. The number of nitrogens with zero attached hydrogens (tertiary/aromatic N) is 1. The second-order valence-electron chi connectivity index (χ2n) is 7.03. The Labute approximate surface area is 165 Å². The highest BCUT2D eigenvalue weighted by atomic mass is 35.5. The first-order valence-electron chi connectivity index (χ1n) is 8.82. The van der Waals surface area contributed by atoms with Crippen molar-refractivity contribution in [3.05, 3.63) is 28.8 Å². The number of amides is 1. The normalized spacial score (nSPS) is 20.9. The molecule has 27 heavy (non-hydrogen) atoms. The van der Waals surface area contributed by atoms with Gasteiger partial charge in [0.05, 0.1) is 22.0 Å². The number of rotatable bonds is 6. The highest BCUT2D eigenvalue weighted by Crippen LogP contribution is 2.28. The van der Waals surface area contributed by atoms with Gasteiger partial charge in [0.15, 0.2) is 0 Å². The van der Waals surface area contributed by atoms with Crippen LogP contribution in [0.3, 0.4) is 0 Å². The fourth-order valence-electron chi connectivity index (χ4n) is 3.22. The molecule has 1 aliphatic rings. The predicted molar refractivity (Wildman–Crippen MR) is 102 cm³/mol. The molecule has 0 radical (unpaired) electrons. The summed E-state index contributed by atoms with van der Waals surface area (Å²) in [6.45, 7) is 6.44. The van der Waals surface area contributed by atoms with Crippen LogP contribution in [0.2, 0.25) is 5.02 Å². The number of carbonyl (C=O) groups excluding carboxylic acids is 2. The van der Waals surface area contributed by atoms with Crippen molar-refractivity contribution in [1.29, 1.82) is 0 Å². The van der Waals surface area contributed by atoms with Gasteiger partial charge in [-0.1, -0.05) is 25.4 Å². The zero-order chi connectivity index (χ0) is 20.2. The third kappa shape index (κ3) is 5.67. The molecule has 0 aromatic heterocycles. The largest absolute Gasteiger partial charge is 0.460 e. The van der Waals surface area contributed by atoms with Crippen molar-refractivity contribution in [2.24, 2.45) is 11.8 Å². The molecule has 0 bridgehead atoms. The zero-order valence-electron chi connectivity index (χ0n) is 15.7. The summed E-state index contributed by atoms with van der Waals surface area (Å²) >= 11 is 6.06. The third-order valence-electron chi connectivity index (χ3n) is 4.34. The molecule has 0 saturated carbocycles. The highest BCUT2D eigenvalue weighted by molar-refractivity contribution is 7.89. The van der Waals surface area contributed by atoms with E-state index in [1.54, 1.807) is 0 Å². The Balaban J connectivity index is 2.18. The smallest absolute Gasteiger partial charge is 0.339 e. The van der Waals surface area contributed by atoms with Crippen LogP contribution in [0.15, 0.2) is 23.1 Å². The van der Waals surface area contributed by atoms with Crippen molar-refractivity contribution in [2.75, 3.05) is 26.2 Å². The Morgan fingerprint density at radius 3 is 2.48 bits per heavy atom. The Morgan fingerprint density at radius 2 is 1.89 bits per heavy atom. The number of piperidine rings is 1. The number of carbonyl (C=O) groups is 2. The van der Waals surface area contributed by atoms with Crippen molar-refractivity contribution in [2.45, 2.75) is 32.1 Å². The van der Waals surface area contributed by atoms with Gasteiger partial charge in [-0.15, -0.1) is 0 Å². The second-order valence-corrected chi connectivity index (χ2v) is 9.37. The van der Waals surface area contributed by atoms with Crippen LogP contribution in [0, 0.1) is 11.8 Å². The lowest BCUT2D eigenvalue weighted by atomic mass is 9.94. The molecule has 1 saturated heterocycles. The van der Waals surface area contributed by atoms with Gasteiger partial charge >= 0.3 is 5.97 Å². The van der Waals surface area contributed by atoms with Gasteiger partial charge in [0, 0.05) is 20.0 Å². The van der Waals surface area contributed by atoms with Crippen molar-refractivity contribution < 1.29 is 22.7 Å². The van der Waals surface area contributed by atoms with Crippen LogP contribution in [0.5, 0.6) is 0 Å². The number of hydrogen-bond donors (Lipinski definition) is 1. The van der Waals surface area contributed by atoms with E-state index in [-0.39, 0.29) is 46.4 Å². The first-order valence-corrected chi connectivity index (χ1v) is 10.6. The van der Waals surface area contributed by atoms with E-state index in [0.29, 0.717) is 13.1 Å². The van der Waals surface area contributed by atoms with Gasteiger partial charge in [-0.2, -0.15) is 4.31 Å². The SMILES string of the molecule is CC(=O)NCCOC(=O)c1cc(S(=O)(=O)N2C[C@H](C)C[C@@H](C)C2)ccc1Cl. The molecule has 1 heterocycles. The molecule has 1 amide bonds. The Hall–Kier alpha value is -1.64. The van der Waals surface area contributed by atoms with Gasteiger partial charge in [0.1, 0.15) is 6.61 Å². The van der Waals surface area contributed by atoms with Crippen LogP contribution in [-0.4, -0.2) is 50.8 Å². The molecule has 2 atom stereocenters. The van der Waals surface area contributed by atoms with Crippen molar-refractivity contribution in [1.82, 2.24) is 9.62 Å². The van der Waals surface area contributed by atoms with Gasteiger partial charge in [-0.05, 0) is 36.5 Å². The lowest BCUT2D eigenvalue weighted by Crippen LogP contribution is -2.42. The number of hydrogen-bond acceptors (Lipinski definition) is 5. The number of nitrogens with one attached hydrogen (secondary N) is 1. The van der Waals surface area contributed by atoms with E-state index >= 15 is 0 Å². The van der Waals surface area contributed by atoms with Crippen LogP contribution >= 0.6 is 11.6 Å². The minimum absolute atomic E-state index is 0.0151. The van der Waals surface area contributed by atoms with Crippen molar-refractivity contribution in [3.63, 3.8) is 0 Å². The topological polar surface area (TPSA) is 92.8 Å². The van der Waals surface area contributed by atoms with Crippen molar-refractivity contribution >= 4 is 33.5 Å². The molecule has 1 aromatic rings. The van der Waals surface area contributed by atoms with Gasteiger partial charge in [0.2, 0.25) is 15.9 Å². The molecule has 1 aliphatic heterocycles. The Bertz CT molecular complexity index is 802. The minimum atomic E-state index is -3.73. The number of esters is 1. The number of benzene rings is 1. The van der Waals surface area contributed by atoms with Crippen LogP contribution in [0.1, 0.15) is 37.6 Å². The minimum Gasteiger partial charge on any atom is -0.460 e. The predicted octanol–water partition coefficient (Wildman–Crippen LogP) is 2.30. The number of sulfonamides is 1. The average Bonchev–Trinajstić information content (AvgIpc) is 2.57.